The van der Waals surface area contributed by atoms with E-state index in [4.69, 9.17) is 45.1 Å². The van der Waals surface area contributed by atoms with Gasteiger partial charge in [0.15, 0.2) is 16.5 Å². The molecule has 0 bridgehead atoms. The number of methoxy groups -OCH3 is 3. The van der Waals surface area contributed by atoms with Crippen molar-refractivity contribution in [3.05, 3.63) is 57.1 Å². The van der Waals surface area contributed by atoms with E-state index in [9.17, 15) is 19.5 Å². The number of aryl methyl sites for hydroxylation is 1. The third-order valence-corrected chi connectivity index (χ3v) is 5.50. The minimum Gasteiger partial charge on any atom is -0.493 e. The summed E-state index contributed by atoms with van der Waals surface area (Å²) in [4.78, 5) is 41.7. The Labute approximate surface area is 235 Å². The molecule has 226 valence electrons. The van der Waals surface area contributed by atoms with Crippen molar-refractivity contribution in [3.8, 4) is 23.0 Å². The summed E-state index contributed by atoms with van der Waals surface area (Å²) in [7, 11) is -0.00421. The number of aliphatic carboxylic acids is 1. The number of guanidine groups is 1. The highest BCUT2D eigenvalue weighted by atomic mass is 31.2. The van der Waals surface area contributed by atoms with Gasteiger partial charge in [0.1, 0.15) is 11.8 Å². The number of carboxylic acid groups (broad SMARTS) is 1. The van der Waals surface area contributed by atoms with Gasteiger partial charge < -0.3 is 35.3 Å². The van der Waals surface area contributed by atoms with E-state index >= 15 is 0 Å². The lowest BCUT2D eigenvalue weighted by atomic mass is 10.1. The molecule has 0 aromatic heterocycles. The van der Waals surface area contributed by atoms with Crippen molar-refractivity contribution in [1.29, 1.82) is 0 Å². The topological polar surface area (TPSA) is 251 Å². The highest BCUT2D eigenvalue weighted by Crippen LogP contribution is 2.40. The zero-order valence-corrected chi connectivity index (χ0v) is 23.7. The van der Waals surface area contributed by atoms with Gasteiger partial charge in [0, 0.05) is 6.54 Å². The van der Waals surface area contributed by atoms with Crippen LogP contribution in [-0.2, 0) is 9.36 Å². The van der Waals surface area contributed by atoms with Crippen molar-refractivity contribution in [2.45, 2.75) is 25.8 Å². The molecule has 0 amide bonds. The average molecular weight is 600 g/mol. The van der Waals surface area contributed by atoms with Crippen molar-refractivity contribution in [2.24, 2.45) is 16.5 Å². The predicted molar refractivity (Wildman–Crippen MR) is 150 cm³/mol. The molecule has 1 atom stereocenters. The minimum absolute atomic E-state index is 0.130. The first kappa shape index (κ1) is 34.7. The number of nitro groups is 1. The highest BCUT2D eigenvalue weighted by molar-refractivity contribution is 7.46. The van der Waals surface area contributed by atoms with Crippen LogP contribution in [0.5, 0.6) is 23.0 Å². The summed E-state index contributed by atoms with van der Waals surface area (Å²) in [5.74, 6) is 0.284. The average Bonchev–Trinajstić information content (AvgIpc) is 2.89. The lowest BCUT2D eigenvalue weighted by Crippen LogP contribution is -2.36. The molecule has 1 unspecified atom stereocenters. The summed E-state index contributed by atoms with van der Waals surface area (Å²) in [5, 5.41) is 17.5. The van der Waals surface area contributed by atoms with Crippen LogP contribution in [0.25, 0.3) is 12.2 Å². The van der Waals surface area contributed by atoms with E-state index in [1.165, 1.54) is 21.3 Å². The zero-order chi connectivity index (χ0) is 31.2. The largest absolute Gasteiger partial charge is 0.524 e. The number of carboxylic acids is 1. The molecular weight excluding hydrogens is 565 g/mol. The van der Waals surface area contributed by atoms with Crippen molar-refractivity contribution < 1.29 is 48.0 Å². The smallest absolute Gasteiger partial charge is 0.493 e. The van der Waals surface area contributed by atoms with E-state index in [1.54, 1.807) is 42.7 Å². The lowest BCUT2D eigenvalue weighted by Gasteiger charge is -2.13. The van der Waals surface area contributed by atoms with Crippen LogP contribution in [0.3, 0.4) is 0 Å². The SMILES string of the molecule is COc1cc(/C=C\c2ccc(C)c(OP(=O)(O)O)c2)cc(OC)c1OC.NC(=NCCCC(N)C(=O)O)N[N+](=O)[O-]. The van der Waals surface area contributed by atoms with Crippen LogP contribution in [0.15, 0.2) is 35.3 Å². The van der Waals surface area contributed by atoms with Gasteiger partial charge in [-0.15, -0.1) is 0 Å². The van der Waals surface area contributed by atoms with Crippen LogP contribution in [0, 0.1) is 17.0 Å². The highest BCUT2D eigenvalue weighted by Gasteiger charge is 2.17. The second-order valence-corrected chi connectivity index (χ2v) is 9.29. The fraction of sp³-hybridized carbons (Fsp3) is 0.333. The van der Waals surface area contributed by atoms with Crippen LogP contribution in [-0.4, -0.2) is 65.8 Å². The van der Waals surface area contributed by atoms with Gasteiger partial charge in [0.25, 0.3) is 5.96 Å². The van der Waals surface area contributed by atoms with Gasteiger partial charge in [-0.25, -0.2) is 19.7 Å². The third kappa shape index (κ3) is 13.0. The Morgan fingerprint density at radius 2 is 1.66 bits per heavy atom. The monoisotopic (exact) mass is 599 g/mol. The molecule has 0 spiro atoms. The molecule has 0 aliphatic rings. The zero-order valence-electron chi connectivity index (χ0n) is 22.8. The molecule has 0 saturated carbocycles. The number of hydrogen-bond donors (Lipinski definition) is 6. The van der Waals surface area contributed by atoms with E-state index in [2.05, 4.69) is 4.99 Å². The van der Waals surface area contributed by atoms with E-state index in [-0.39, 0.29) is 24.7 Å². The van der Waals surface area contributed by atoms with E-state index in [1.807, 2.05) is 12.1 Å². The lowest BCUT2D eigenvalue weighted by molar-refractivity contribution is -0.525. The molecule has 8 N–H and O–H groups in total. The maximum atomic E-state index is 11.1. The normalized spacial score (nSPS) is 12.1. The van der Waals surface area contributed by atoms with Gasteiger partial charge in [-0.3, -0.25) is 14.6 Å². The van der Waals surface area contributed by atoms with Gasteiger partial charge >= 0.3 is 13.8 Å². The number of ether oxygens (including phenoxy) is 3. The fourth-order valence-electron chi connectivity index (χ4n) is 3.10. The van der Waals surface area contributed by atoms with Crippen LogP contribution in [0.1, 0.15) is 29.5 Å². The van der Waals surface area contributed by atoms with Gasteiger partial charge in [-0.05, 0) is 54.7 Å². The second-order valence-electron chi connectivity index (χ2n) is 8.12. The molecule has 16 nitrogen and oxygen atoms in total. The third-order valence-electron chi connectivity index (χ3n) is 5.06. The summed E-state index contributed by atoms with van der Waals surface area (Å²) in [5.41, 5.74) is 14.1. The minimum atomic E-state index is -4.61. The first-order valence-corrected chi connectivity index (χ1v) is 13.3. The number of carbonyl (C=O) groups is 1. The summed E-state index contributed by atoms with van der Waals surface area (Å²) in [6.45, 7) is 1.89. The van der Waals surface area contributed by atoms with E-state index in [0.717, 1.165) is 5.56 Å². The number of nitrogens with zero attached hydrogens (tertiary/aromatic N) is 2. The number of benzene rings is 2. The van der Waals surface area contributed by atoms with E-state index < -0.39 is 24.9 Å². The number of hydrogen-bond acceptors (Lipinski definition) is 10. The van der Waals surface area contributed by atoms with Gasteiger partial charge in [0.05, 0.1) is 21.3 Å². The Kier molecular flexibility index (Phi) is 14.1. The van der Waals surface area contributed by atoms with Crippen molar-refractivity contribution in [2.75, 3.05) is 27.9 Å². The summed E-state index contributed by atoms with van der Waals surface area (Å²) in [6.07, 6.45) is 4.24. The van der Waals surface area contributed by atoms with Gasteiger partial charge in [-0.1, -0.05) is 29.7 Å². The molecule has 2 rings (SSSR count). The second kappa shape index (κ2) is 16.7. The molecule has 17 heteroatoms. The van der Waals surface area contributed by atoms with Crippen LogP contribution in [0.4, 0.5) is 0 Å². The Hall–Kier alpha value is -4.37. The van der Waals surface area contributed by atoms with E-state index in [0.29, 0.717) is 34.8 Å². The molecule has 0 heterocycles. The molecular formula is C24H34N5O11P. The number of phosphoric ester groups is 1. The molecule has 2 aromatic rings. The number of phosphoric acid groups is 1. The van der Waals surface area contributed by atoms with Crippen LogP contribution >= 0.6 is 7.82 Å². The molecule has 2 aromatic carbocycles. The number of nitrogens with two attached hydrogens (primary N) is 2. The maximum Gasteiger partial charge on any atom is 0.524 e. The van der Waals surface area contributed by atoms with Crippen LogP contribution in [0.2, 0.25) is 0 Å². The molecule has 0 aliphatic heterocycles. The summed E-state index contributed by atoms with van der Waals surface area (Å²) in [6, 6.07) is 7.74. The fourth-order valence-corrected chi connectivity index (χ4v) is 3.55. The molecule has 0 aliphatic carbocycles. The number of aliphatic imine (C=N–C) groups is 1. The summed E-state index contributed by atoms with van der Waals surface area (Å²) >= 11 is 0. The van der Waals surface area contributed by atoms with Gasteiger partial charge in [-0.2, -0.15) is 0 Å². The quantitative estimate of drug-likeness (QED) is 0.0366. The Morgan fingerprint density at radius 1 is 1.10 bits per heavy atom. The maximum absolute atomic E-state index is 11.1. The van der Waals surface area contributed by atoms with Crippen LogP contribution < -0.4 is 35.6 Å². The van der Waals surface area contributed by atoms with Crippen molar-refractivity contribution >= 4 is 31.9 Å². The number of hydrazine groups is 1. The van der Waals surface area contributed by atoms with Gasteiger partial charge in [0.2, 0.25) is 5.75 Å². The Morgan fingerprint density at radius 3 is 2.15 bits per heavy atom. The van der Waals surface area contributed by atoms with Crippen molar-refractivity contribution in [1.82, 2.24) is 5.43 Å². The molecule has 0 fully saturated rings. The van der Waals surface area contributed by atoms with Crippen molar-refractivity contribution in [3.63, 3.8) is 0 Å². The first-order chi connectivity index (χ1) is 19.2. The molecule has 41 heavy (non-hydrogen) atoms. The Balaban J connectivity index is 0.000000479. The first-order valence-electron chi connectivity index (χ1n) is 11.7. The number of rotatable bonds is 13. The number of nitrogens with one attached hydrogen (secondary N) is 1. The molecule has 0 saturated heterocycles. The standard InChI is InChI=1S/C18H21O7P.C6H13N5O4/c1-12-5-6-13(9-15(12)25-26(19,20)21)7-8-14-10-16(22-2)18(24-4)17(11-14)23-3;7-4(5(12)13)2-1-3-9-6(8)10-11(14)15/h5-11H,1-4H3,(H2,19,20,21);4H,1-3,7H2,(H,12,13)(H3,8,9,10)/b8-7-;. The molecule has 0 radical (unpaired) electrons. The Bertz CT molecular complexity index is 1270. The summed E-state index contributed by atoms with van der Waals surface area (Å²) < 4.78 is 31.7. The predicted octanol–water partition coefficient (Wildman–Crippen LogP) is 1.94.